The molecule has 0 bridgehead atoms. The molecule has 0 aromatic carbocycles. The van der Waals surface area contributed by atoms with Crippen LogP contribution in [0.2, 0.25) is 0 Å². The van der Waals surface area contributed by atoms with Crippen molar-refractivity contribution >= 4 is 28.1 Å². The first-order valence-corrected chi connectivity index (χ1v) is 7.70. The third kappa shape index (κ3) is 3.89. The van der Waals surface area contributed by atoms with E-state index in [0.717, 1.165) is 39.8 Å². The van der Waals surface area contributed by atoms with Crippen molar-refractivity contribution in [1.82, 2.24) is 9.97 Å². The highest BCUT2D eigenvalue weighted by Crippen LogP contribution is 2.12. The first kappa shape index (κ1) is 13.2. The van der Waals surface area contributed by atoms with Crippen LogP contribution in [-0.4, -0.2) is 22.3 Å². The zero-order valence-corrected chi connectivity index (χ0v) is 11.9. The van der Waals surface area contributed by atoms with E-state index in [4.69, 9.17) is 5.73 Å². The summed E-state index contributed by atoms with van der Waals surface area (Å²) >= 11 is 3.37. The van der Waals surface area contributed by atoms with Gasteiger partial charge in [0.1, 0.15) is 0 Å². The Morgan fingerprint density at radius 2 is 2.44 bits per heavy atom. The minimum atomic E-state index is 0.802. The Balaban J connectivity index is 1.77. The highest BCUT2D eigenvalue weighted by molar-refractivity contribution is 7.98. The van der Waals surface area contributed by atoms with Crippen LogP contribution in [0.3, 0.4) is 0 Å². The smallest absolute Gasteiger partial charge is 0.0925 e. The van der Waals surface area contributed by atoms with Crippen LogP contribution in [0.1, 0.15) is 11.4 Å². The number of nitrogens with one attached hydrogen (secondary N) is 1. The number of hydrogen-bond donors (Lipinski definition) is 2. The van der Waals surface area contributed by atoms with Crippen LogP contribution < -0.4 is 11.1 Å². The molecule has 0 radical (unpaired) electrons. The molecule has 96 valence electrons. The summed E-state index contributed by atoms with van der Waals surface area (Å²) in [6.45, 7) is 2.85. The molecule has 0 spiro atoms. The van der Waals surface area contributed by atoms with Gasteiger partial charge in [-0.1, -0.05) is 0 Å². The molecule has 0 fully saturated rings. The van der Waals surface area contributed by atoms with Crippen molar-refractivity contribution in [3.05, 3.63) is 40.6 Å². The Labute approximate surface area is 114 Å². The second kappa shape index (κ2) is 6.61. The van der Waals surface area contributed by atoms with Crippen molar-refractivity contribution < 1.29 is 0 Å². The lowest BCUT2D eigenvalue weighted by Gasteiger charge is -1.98. The third-order valence-electron chi connectivity index (χ3n) is 2.44. The summed E-state index contributed by atoms with van der Waals surface area (Å²) in [6, 6.07) is 3.90. The van der Waals surface area contributed by atoms with E-state index in [0.29, 0.717) is 0 Å². The van der Waals surface area contributed by atoms with Gasteiger partial charge in [-0.05, 0) is 24.4 Å². The molecule has 0 unspecified atom stereocenters. The number of nitrogens with zero attached hydrogens (tertiary/aromatic N) is 2. The molecule has 0 aliphatic rings. The Bertz CT molecular complexity index is 559. The van der Waals surface area contributed by atoms with E-state index < -0.39 is 0 Å². The molecule has 0 atom stereocenters. The number of hydrogen-bond acceptors (Lipinski definition) is 5. The van der Waals surface area contributed by atoms with Gasteiger partial charge < -0.3 is 10.7 Å². The highest BCUT2D eigenvalue weighted by atomic mass is 32.2. The molecule has 0 saturated heterocycles. The lowest BCUT2D eigenvalue weighted by Crippen LogP contribution is -2.03. The van der Waals surface area contributed by atoms with Gasteiger partial charge in [-0.25, -0.2) is 4.98 Å². The molecule has 2 rings (SSSR count). The summed E-state index contributed by atoms with van der Waals surface area (Å²) < 4.78 is 0. The minimum absolute atomic E-state index is 0.802. The zero-order chi connectivity index (χ0) is 12.8. The predicted octanol–water partition coefficient (Wildman–Crippen LogP) is 2.20. The van der Waals surface area contributed by atoms with Gasteiger partial charge in [-0.3, -0.25) is 4.99 Å². The van der Waals surface area contributed by atoms with Gasteiger partial charge in [0.25, 0.3) is 0 Å². The molecule has 3 N–H and O–H groups in total. The fourth-order valence-electron chi connectivity index (χ4n) is 1.45. The molecule has 2 heterocycles. The van der Waals surface area contributed by atoms with Gasteiger partial charge >= 0.3 is 0 Å². The van der Waals surface area contributed by atoms with Crippen molar-refractivity contribution in [1.29, 1.82) is 0 Å². The summed E-state index contributed by atoms with van der Waals surface area (Å²) in [6.07, 6.45) is 1.74. The molecule has 0 aliphatic heterocycles. The van der Waals surface area contributed by atoms with E-state index in [1.54, 1.807) is 6.33 Å². The van der Waals surface area contributed by atoms with Gasteiger partial charge in [-0.2, -0.15) is 11.8 Å². The molecule has 2 aromatic rings. The van der Waals surface area contributed by atoms with Gasteiger partial charge in [0, 0.05) is 23.7 Å². The average molecular weight is 280 g/mol. The number of imidazole rings is 1. The summed E-state index contributed by atoms with van der Waals surface area (Å²) in [4.78, 5) is 11.8. The van der Waals surface area contributed by atoms with Crippen molar-refractivity contribution in [2.24, 2.45) is 4.99 Å². The van der Waals surface area contributed by atoms with E-state index in [1.165, 1.54) is 11.3 Å². The van der Waals surface area contributed by atoms with Crippen LogP contribution in [0.4, 0.5) is 5.00 Å². The quantitative estimate of drug-likeness (QED) is 0.825. The predicted molar refractivity (Wildman–Crippen MR) is 78.6 cm³/mol. The maximum atomic E-state index is 5.71. The van der Waals surface area contributed by atoms with Gasteiger partial charge in [0.15, 0.2) is 0 Å². The molecule has 0 aliphatic carbocycles. The molecule has 2 aromatic heterocycles. The molecule has 0 amide bonds. The second-order valence-corrected chi connectivity index (χ2v) is 5.89. The maximum absolute atomic E-state index is 5.71. The third-order valence-corrected chi connectivity index (χ3v) is 4.05. The molecule has 6 heteroatoms. The maximum Gasteiger partial charge on any atom is 0.0925 e. The van der Waals surface area contributed by atoms with Crippen LogP contribution in [-0.2, 0) is 5.75 Å². The second-order valence-electron chi connectivity index (χ2n) is 3.80. The van der Waals surface area contributed by atoms with Crippen molar-refractivity contribution in [3.63, 3.8) is 0 Å². The number of nitrogens with two attached hydrogens (primary N) is 1. The summed E-state index contributed by atoms with van der Waals surface area (Å²) in [5.41, 5.74) is 7.99. The van der Waals surface area contributed by atoms with E-state index in [2.05, 4.69) is 15.0 Å². The number of anilines is 1. The van der Waals surface area contributed by atoms with E-state index in [-0.39, 0.29) is 0 Å². The van der Waals surface area contributed by atoms with Crippen LogP contribution in [0.15, 0.2) is 28.8 Å². The topological polar surface area (TPSA) is 67.1 Å². The van der Waals surface area contributed by atoms with E-state index in [1.807, 2.05) is 36.2 Å². The number of thioether (sulfide) groups is 1. The van der Waals surface area contributed by atoms with Crippen LogP contribution in [0.25, 0.3) is 0 Å². The fourth-order valence-corrected chi connectivity index (χ4v) is 2.85. The summed E-state index contributed by atoms with van der Waals surface area (Å²) in [7, 11) is 0. The van der Waals surface area contributed by atoms with Crippen LogP contribution in [0.5, 0.6) is 0 Å². The minimum Gasteiger partial charge on any atom is -0.391 e. The lowest BCUT2D eigenvalue weighted by atomic mass is 10.4. The summed E-state index contributed by atoms with van der Waals surface area (Å²) in [5.74, 6) is 1.92. The molecule has 4 nitrogen and oxygen atoms in total. The Morgan fingerprint density at radius 1 is 1.56 bits per heavy atom. The largest absolute Gasteiger partial charge is 0.391 e. The SMILES string of the molecule is Cc1[nH]cnc1CSCCN=c1ccsc(N)c1. The molecule has 18 heavy (non-hydrogen) atoms. The Morgan fingerprint density at radius 3 is 3.17 bits per heavy atom. The first-order chi connectivity index (χ1) is 8.75. The number of H-pyrrole nitrogens is 1. The van der Waals surface area contributed by atoms with Crippen molar-refractivity contribution in [3.8, 4) is 0 Å². The average Bonchev–Trinajstić information content (AvgIpc) is 2.75. The van der Waals surface area contributed by atoms with Gasteiger partial charge in [-0.15, -0.1) is 11.3 Å². The van der Waals surface area contributed by atoms with E-state index in [9.17, 15) is 0 Å². The van der Waals surface area contributed by atoms with Crippen LogP contribution in [0, 0.1) is 6.92 Å². The molecular weight excluding hydrogens is 264 g/mol. The zero-order valence-electron chi connectivity index (χ0n) is 10.2. The van der Waals surface area contributed by atoms with E-state index >= 15 is 0 Å². The number of rotatable bonds is 5. The number of aromatic amines is 1. The number of nitrogen functional groups attached to an aromatic ring is 1. The number of aryl methyl sites for hydroxylation is 1. The standard InChI is InChI=1S/C12H16N4S2/c1-9-11(16-8-15-9)7-17-5-3-14-10-2-4-18-12(13)6-10/h2,4,6,8H,3,5,7,13H2,1H3,(H,15,16). The first-order valence-electron chi connectivity index (χ1n) is 5.67. The Kier molecular flexibility index (Phi) is 4.83. The summed E-state index contributed by atoms with van der Waals surface area (Å²) in [5, 5.41) is 3.73. The fraction of sp³-hybridized carbons (Fsp3) is 0.333. The van der Waals surface area contributed by atoms with Gasteiger partial charge in [0.05, 0.1) is 22.4 Å². The molecule has 0 saturated carbocycles. The Hall–Kier alpha value is -1.27. The molecular formula is C12H16N4S2. The highest BCUT2D eigenvalue weighted by Gasteiger charge is 1.99. The normalized spacial score (nSPS) is 11.9. The van der Waals surface area contributed by atoms with Crippen LogP contribution >= 0.6 is 23.1 Å². The monoisotopic (exact) mass is 280 g/mol. The van der Waals surface area contributed by atoms with Crippen molar-refractivity contribution in [2.45, 2.75) is 12.7 Å². The number of aromatic nitrogens is 2. The van der Waals surface area contributed by atoms with Gasteiger partial charge in [0.2, 0.25) is 0 Å². The van der Waals surface area contributed by atoms with Crippen molar-refractivity contribution in [2.75, 3.05) is 18.0 Å². The lowest BCUT2D eigenvalue weighted by molar-refractivity contribution is 1.07.